The molecule has 1 atom stereocenters. The zero-order valence-electron chi connectivity index (χ0n) is 19.3. The van der Waals surface area contributed by atoms with E-state index in [0.29, 0.717) is 22.6 Å². The molecular weight excluding hydrogens is 432 g/mol. The van der Waals surface area contributed by atoms with Crippen molar-refractivity contribution in [2.75, 3.05) is 7.11 Å². The lowest BCUT2D eigenvalue weighted by Crippen LogP contribution is -2.29. The van der Waals surface area contributed by atoms with Crippen LogP contribution >= 0.6 is 0 Å². The van der Waals surface area contributed by atoms with Crippen molar-refractivity contribution in [2.24, 2.45) is 0 Å². The minimum absolute atomic E-state index is 0.0333. The molecule has 1 unspecified atom stereocenters. The Morgan fingerprint density at radius 2 is 1.74 bits per heavy atom. The number of carbonyl (C=O) groups is 2. The first kappa shape index (κ1) is 23.0. The third-order valence-electron chi connectivity index (χ3n) is 5.55. The Labute approximate surface area is 198 Å². The summed E-state index contributed by atoms with van der Waals surface area (Å²) >= 11 is 0. The highest BCUT2D eigenvalue weighted by molar-refractivity contribution is 6.46. The molecule has 2 heterocycles. The Hall–Kier alpha value is -4.13. The number of ether oxygens (including phenoxy) is 2. The molecule has 1 aliphatic heterocycles. The van der Waals surface area contributed by atoms with Gasteiger partial charge in [-0.3, -0.25) is 14.6 Å². The average molecular weight is 459 g/mol. The number of ketones is 1. The van der Waals surface area contributed by atoms with Gasteiger partial charge in [-0.15, -0.1) is 0 Å². The third-order valence-corrected chi connectivity index (χ3v) is 5.55. The normalized spacial score (nSPS) is 17.3. The summed E-state index contributed by atoms with van der Waals surface area (Å²) in [7, 11) is 1.57. The number of aliphatic hydroxyl groups is 1. The molecule has 0 spiro atoms. The van der Waals surface area contributed by atoms with E-state index in [2.05, 4.69) is 4.98 Å². The van der Waals surface area contributed by atoms with Gasteiger partial charge in [-0.25, -0.2) is 0 Å². The van der Waals surface area contributed by atoms with Crippen LogP contribution in [0.4, 0.5) is 0 Å². The molecule has 1 aromatic heterocycles. The summed E-state index contributed by atoms with van der Waals surface area (Å²) in [6, 6.07) is 16.8. The van der Waals surface area contributed by atoms with Crippen LogP contribution < -0.4 is 9.47 Å². The number of carbonyl (C=O) groups excluding carboxylic acids is 2. The number of hydrogen-bond acceptors (Lipinski definition) is 6. The molecule has 1 N–H and O–H groups in total. The van der Waals surface area contributed by atoms with Crippen LogP contribution in [0.3, 0.4) is 0 Å². The van der Waals surface area contributed by atoms with Crippen LogP contribution in [0, 0.1) is 0 Å². The predicted octanol–water partition coefficient (Wildman–Crippen LogP) is 4.50. The second-order valence-corrected chi connectivity index (χ2v) is 8.25. The van der Waals surface area contributed by atoms with E-state index < -0.39 is 17.7 Å². The fourth-order valence-corrected chi connectivity index (χ4v) is 4.01. The van der Waals surface area contributed by atoms with Crippen LogP contribution in [0.5, 0.6) is 11.5 Å². The lowest BCUT2D eigenvalue weighted by atomic mass is 9.95. The van der Waals surface area contributed by atoms with Crippen molar-refractivity contribution in [3.63, 3.8) is 0 Å². The Kier molecular flexibility index (Phi) is 6.63. The Bertz CT molecular complexity index is 1220. The molecule has 2 aromatic carbocycles. The molecule has 7 nitrogen and oxygen atoms in total. The first-order chi connectivity index (χ1) is 16.4. The van der Waals surface area contributed by atoms with Crippen molar-refractivity contribution in [1.29, 1.82) is 0 Å². The highest BCUT2D eigenvalue weighted by atomic mass is 16.5. The zero-order valence-corrected chi connectivity index (χ0v) is 19.3. The maximum Gasteiger partial charge on any atom is 0.295 e. The Balaban J connectivity index is 1.83. The van der Waals surface area contributed by atoms with Gasteiger partial charge in [0, 0.05) is 24.5 Å². The highest BCUT2D eigenvalue weighted by Gasteiger charge is 2.46. The summed E-state index contributed by atoms with van der Waals surface area (Å²) in [6.07, 6.45) is 3.21. The van der Waals surface area contributed by atoms with Gasteiger partial charge in [0.05, 0.1) is 24.8 Å². The number of benzene rings is 2. The SMILES string of the molecule is COc1ccc(C2/C(=C(/O)c3cccc(OC(C)C)c3)C(=O)C(=O)N2Cc2ccncc2)cc1. The second-order valence-electron chi connectivity index (χ2n) is 8.25. The summed E-state index contributed by atoms with van der Waals surface area (Å²) in [4.78, 5) is 31.8. The number of Topliss-reactive ketones (excluding diaryl/α,β-unsaturated/α-hetero) is 1. The molecule has 174 valence electrons. The molecule has 34 heavy (non-hydrogen) atoms. The first-order valence-corrected chi connectivity index (χ1v) is 11.0. The number of rotatable bonds is 7. The average Bonchev–Trinajstić information content (AvgIpc) is 3.09. The fraction of sp³-hybridized carbons (Fsp3) is 0.222. The van der Waals surface area contributed by atoms with E-state index in [1.165, 1.54) is 4.90 Å². The van der Waals surface area contributed by atoms with Crippen LogP contribution in [0.1, 0.15) is 36.6 Å². The maximum atomic E-state index is 13.2. The van der Waals surface area contributed by atoms with Crippen LogP contribution in [0.15, 0.2) is 78.6 Å². The first-order valence-electron chi connectivity index (χ1n) is 11.0. The van der Waals surface area contributed by atoms with Gasteiger partial charge in [-0.2, -0.15) is 0 Å². The van der Waals surface area contributed by atoms with Crippen molar-refractivity contribution < 1.29 is 24.2 Å². The van der Waals surface area contributed by atoms with Crippen molar-refractivity contribution in [3.8, 4) is 11.5 Å². The molecule has 1 saturated heterocycles. The van der Waals surface area contributed by atoms with Crippen molar-refractivity contribution in [1.82, 2.24) is 9.88 Å². The summed E-state index contributed by atoms with van der Waals surface area (Å²) in [5.74, 6) is -0.443. The molecule has 1 amide bonds. The number of aliphatic hydroxyl groups excluding tert-OH is 1. The van der Waals surface area contributed by atoms with Crippen LogP contribution in [-0.4, -0.2) is 39.9 Å². The lowest BCUT2D eigenvalue weighted by molar-refractivity contribution is -0.140. The van der Waals surface area contributed by atoms with E-state index in [4.69, 9.17) is 9.47 Å². The summed E-state index contributed by atoms with van der Waals surface area (Å²) in [5, 5.41) is 11.3. The number of hydrogen-bond donors (Lipinski definition) is 1. The fourth-order valence-electron chi connectivity index (χ4n) is 4.01. The number of amides is 1. The van der Waals surface area contributed by atoms with E-state index >= 15 is 0 Å². The van der Waals surface area contributed by atoms with Gasteiger partial charge < -0.3 is 19.5 Å². The van der Waals surface area contributed by atoms with Gasteiger partial charge in [0.1, 0.15) is 17.3 Å². The summed E-state index contributed by atoms with van der Waals surface area (Å²) in [6.45, 7) is 4.00. The minimum Gasteiger partial charge on any atom is -0.507 e. The van der Waals surface area contributed by atoms with Gasteiger partial charge in [-0.1, -0.05) is 24.3 Å². The molecule has 0 aliphatic carbocycles. The van der Waals surface area contributed by atoms with Crippen molar-refractivity contribution >= 4 is 17.4 Å². The van der Waals surface area contributed by atoms with Gasteiger partial charge in [-0.05, 0) is 61.4 Å². The standard InChI is InChI=1S/C27H26N2O5/c1-17(2)34-22-6-4-5-20(15-22)25(30)23-24(19-7-9-21(33-3)10-8-19)29(27(32)26(23)31)16-18-11-13-28-14-12-18/h4-15,17,24,30H,16H2,1-3H3/b25-23-. The molecule has 0 bridgehead atoms. The smallest absolute Gasteiger partial charge is 0.295 e. The predicted molar refractivity (Wildman–Crippen MR) is 127 cm³/mol. The van der Waals surface area contributed by atoms with Crippen LogP contribution in [0.25, 0.3) is 5.76 Å². The summed E-state index contributed by atoms with van der Waals surface area (Å²) in [5.41, 5.74) is 1.94. The third kappa shape index (κ3) is 4.64. The Morgan fingerprint density at radius 3 is 2.38 bits per heavy atom. The number of nitrogens with zero attached hydrogens (tertiary/aromatic N) is 2. The molecular formula is C27H26N2O5. The lowest BCUT2D eigenvalue weighted by Gasteiger charge is -2.25. The molecule has 0 saturated carbocycles. The molecule has 3 aromatic rings. The van der Waals surface area contributed by atoms with E-state index in [1.54, 1.807) is 80.2 Å². The maximum absolute atomic E-state index is 13.2. The number of aromatic nitrogens is 1. The number of likely N-dealkylation sites (tertiary alicyclic amines) is 1. The molecule has 1 aliphatic rings. The quantitative estimate of drug-likeness (QED) is 0.319. The highest BCUT2D eigenvalue weighted by Crippen LogP contribution is 2.41. The topological polar surface area (TPSA) is 89.0 Å². The van der Waals surface area contributed by atoms with Gasteiger partial charge in [0.2, 0.25) is 0 Å². The molecule has 1 fully saturated rings. The van der Waals surface area contributed by atoms with E-state index in [9.17, 15) is 14.7 Å². The van der Waals surface area contributed by atoms with E-state index in [-0.39, 0.29) is 24.0 Å². The van der Waals surface area contributed by atoms with Crippen LogP contribution in [-0.2, 0) is 16.1 Å². The van der Waals surface area contributed by atoms with E-state index in [0.717, 1.165) is 5.56 Å². The van der Waals surface area contributed by atoms with Crippen molar-refractivity contribution in [3.05, 3.63) is 95.3 Å². The molecule has 7 heteroatoms. The monoisotopic (exact) mass is 458 g/mol. The molecule has 4 rings (SSSR count). The summed E-state index contributed by atoms with van der Waals surface area (Å²) < 4.78 is 11.0. The molecule has 0 radical (unpaired) electrons. The second kappa shape index (κ2) is 9.79. The van der Waals surface area contributed by atoms with E-state index in [1.807, 2.05) is 13.8 Å². The minimum atomic E-state index is -0.770. The number of methoxy groups -OCH3 is 1. The number of pyridine rings is 1. The zero-order chi connectivity index (χ0) is 24.2. The Morgan fingerprint density at radius 1 is 1.03 bits per heavy atom. The van der Waals surface area contributed by atoms with Gasteiger partial charge >= 0.3 is 0 Å². The van der Waals surface area contributed by atoms with Gasteiger partial charge in [0.15, 0.2) is 0 Å². The van der Waals surface area contributed by atoms with Crippen LogP contribution in [0.2, 0.25) is 0 Å². The van der Waals surface area contributed by atoms with Gasteiger partial charge in [0.25, 0.3) is 11.7 Å². The largest absolute Gasteiger partial charge is 0.507 e. The van der Waals surface area contributed by atoms with Crippen molar-refractivity contribution in [2.45, 2.75) is 32.5 Å².